The van der Waals surface area contributed by atoms with Gasteiger partial charge in [0.2, 0.25) is 0 Å². The van der Waals surface area contributed by atoms with Crippen molar-refractivity contribution in [2.24, 2.45) is 0 Å². The Morgan fingerprint density at radius 2 is 0.853 bits per heavy atom. The third kappa shape index (κ3) is 5.37. The molecule has 3 aliphatic rings. The standard InChI is InChI=1S/C18H32O16/c19-1-4-8(23)11(26)14(16(29)30-4)33-18-15(12(27)9(24)6(3-21)32-18)34-17-13(28)10(25)7(22)5(2-20)31-17/h4-29H,1-3H2/t4-,5-,6+,7+,8+,9+,10+,11+,12+,13+,14-,15-,16-,17-,18-/m0/s1. The van der Waals surface area contributed by atoms with E-state index in [9.17, 15) is 56.2 Å². The first-order valence-corrected chi connectivity index (χ1v) is 10.6. The highest BCUT2D eigenvalue weighted by molar-refractivity contribution is 4.95. The summed E-state index contributed by atoms with van der Waals surface area (Å²) in [6.45, 7) is -2.31. The topological polar surface area (TPSA) is 269 Å². The summed E-state index contributed by atoms with van der Waals surface area (Å²) >= 11 is 0. The summed E-state index contributed by atoms with van der Waals surface area (Å²) in [5.41, 5.74) is 0. The lowest BCUT2D eigenvalue weighted by atomic mass is 9.96. The highest BCUT2D eigenvalue weighted by Crippen LogP contribution is 2.32. The molecule has 0 aromatic rings. The van der Waals surface area contributed by atoms with Crippen molar-refractivity contribution in [2.75, 3.05) is 19.8 Å². The van der Waals surface area contributed by atoms with Crippen LogP contribution in [0.5, 0.6) is 0 Å². The molecule has 0 amide bonds. The minimum absolute atomic E-state index is 0.734. The fraction of sp³-hybridized carbons (Fsp3) is 1.00. The highest BCUT2D eigenvalue weighted by atomic mass is 16.8. The third-order valence-electron chi connectivity index (χ3n) is 6.10. The second kappa shape index (κ2) is 11.6. The zero-order chi connectivity index (χ0) is 25.3. The van der Waals surface area contributed by atoms with Crippen molar-refractivity contribution in [3.8, 4) is 0 Å². The average Bonchev–Trinajstić information content (AvgIpc) is 2.83. The van der Waals surface area contributed by atoms with Crippen molar-refractivity contribution in [1.82, 2.24) is 0 Å². The Hall–Kier alpha value is -0.640. The van der Waals surface area contributed by atoms with E-state index in [0.29, 0.717) is 0 Å². The minimum atomic E-state index is -1.90. The molecule has 11 N–H and O–H groups in total. The summed E-state index contributed by atoms with van der Waals surface area (Å²) in [4.78, 5) is 0. The van der Waals surface area contributed by atoms with Crippen LogP contribution in [0.3, 0.4) is 0 Å². The van der Waals surface area contributed by atoms with Crippen molar-refractivity contribution in [3.05, 3.63) is 0 Å². The van der Waals surface area contributed by atoms with Crippen molar-refractivity contribution >= 4 is 0 Å². The molecule has 0 aliphatic carbocycles. The quantitative estimate of drug-likeness (QED) is 0.154. The number of aliphatic hydroxyl groups excluding tert-OH is 11. The van der Waals surface area contributed by atoms with Gasteiger partial charge in [-0.15, -0.1) is 0 Å². The molecule has 16 nitrogen and oxygen atoms in total. The molecule has 0 spiro atoms. The maximum absolute atomic E-state index is 10.6. The molecule has 16 heteroatoms. The van der Waals surface area contributed by atoms with Gasteiger partial charge in [-0.1, -0.05) is 0 Å². The van der Waals surface area contributed by atoms with Crippen LogP contribution in [0, 0.1) is 0 Å². The molecule has 3 saturated heterocycles. The number of rotatable bonds is 7. The van der Waals surface area contributed by atoms with Gasteiger partial charge in [-0.3, -0.25) is 0 Å². The second-order valence-corrected chi connectivity index (χ2v) is 8.33. The van der Waals surface area contributed by atoms with Crippen LogP contribution >= 0.6 is 0 Å². The second-order valence-electron chi connectivity index (χ2n) is 8.33. The normalized spacial score (nSPS) is 52.5. The zero-order valence-electron chi connectivity index (χ0n) is 17.7. The maximum Gasteiger partial charge on any atom is 0.187 e. The lowest BCUT2D eigenvalue weighted by molar-refractivity contribution is -0.391. The largest absolute Gasteiger partial charge is 0.394 e. The van der Waals surface area contributed by atoms with E-state index in [2.05, 4.69) is 0 Å². The van der Waals surface area contributed by atoms with Gasteiger partial charge < -0.3 is 79.9 Å². The van der Waals surface area contributed by atoms with E-state index in [1.54, 1.807) is 0 Å². The molecule has 0 saturated carbocycles. The van der Waals surface area contributed by atoms with Crippen LogP contribution in [-0.4, -0.2) is 168 Å². The van der Waals surface area contributed by atoms with Crippen molar-refractivity contribution in [3.63, 3.8) is 0 Å². The van der Waals surface area contributed by atoms with Crippen LogP contribution in [0.4, 0.5) is 0 Å². The van der Waals surface area contributed by atoms with Crippen molar-refractivity contribution in [1.29, 1.82) is 0 Å². The first-order chi connectivity index (χ1) is 16.0. The third-order valence-corrected chi connectivity index (χ3v) is 6.10. The van der Waals surface area contributed by atoms with E-state index in [0.717, 1.165) is 0 Å². The maximum atomic E-state index is 10.6. The van der Waals surface area contributed by atoms with Gasteiger partial charge in [-0.2, -0.15) is 0 Å². The van der Waals surface area contributed by atoms with E-state index in [1.807, 2.05) is 0 Å². The molecule has 3 rings (SSSR count). The molecule has 3 aliphatic heterocycles. The van der Waals surface area contributed by atoms with E-state index >= 15 is 0 Å². The molecule has 0 radical (unpaired) electrons. The minimum Gasteiger partial charge on any atom is -0.394 e. The zero-order valence-corrected chi connectivity index (χ0v) is 17.7. The van der Waals surface area contributed by atoms with Crippen LogP contribution in [0.15, 0.2) is 0 Å². The first kappa shape index (κ1) is 27.9. The van der Waals surface area contributed by atoms with Crippen molar-refractivity contribution in [2.45, 2.75) is 92.1 Å². The summed E-state index contributed by atoms with van der Waals surface area (Å²) in [7, 11) is 0. The van der Waals surface area contributed by atoms with Crippen molar-refractivity contribution < 1.29 is 79.9 Å². The summed E-state index contributed by atoms with van der Waals surface area (Å²) < 4.78 is 26.5. The van der Waals surface area contributed by atoms with Crippen LogP contribution < -0.4 is 0 Å². The molecule has 0 unspecified atom stereocenters. The summed E-state index contributed by atoms with van der Waals surface area (Å²) in [6.07, 6.45) is -25.7. The molecular weight excluding hydrogens is 472 g/mol. The lowest BCUT2D eigenvalue weighted by Gasteiger charge is -2.48. The molecule has 0 bridgehead atoms. The molecule has 200 valence electrons. The monoisotopic (exact) mass is 504 g/mol. The Kier molecular flexibility index (Phi) is 9.54. The smallest absolute Gasteiger partial charge is 0.187 e. The molecule has 3 fully saturated rings. The van der Waals surface area contributed by atoms with E-state index in [-0.39, 0.29) is 0 Å². The summed E-state index contributed by atoms with van der Waals surface area (Å²) in [5.74, 6) is 0. The van der Waals surface area contributed by atoms with Crippen LogP contribution in [0.2, 0.25) is 0 Å². The van der Waals surface area contributed by atoms with E-state index < -0.39 is 112 Å². The Morgan fingerprint density at radius 3 is 1.38 bits per heavy atom. The summed E-state index contributed by atoms with van der Waals surface area (Å²) in [5, 5.41) is 109. The van der Waals surface area contributed by atoms with Crippen LogP contribution in [0.25, 0.3) is 0 Å². The predicted molar refractivity (Wildman–Crippen MR) is 101 cm³/mol. The Balaban J connectivity index is 1.82. The lowest BCUT2D eigenvalue weighted by Crippen LogP contribution is -2.66. The molecule has 34 heavy (non-hydrogen) atoms. The highest BCUT2D eigenvalue weighted by Gasteiger charge is 2.53. The molecular formula is C18H32O16. The van der Waals surface area contributed by atoms with Gasteiger partial charge in [0.1, 0.15) is 73.2 Å². The van der Waals surface area contributed by atoms with Crippen LogP contribution in [0.1, 0.15) is 0 Å². The fourth-order valence-corrected chi connectivity index (χ4v) is 4.02. The van der Waals surface area contributed by atoms with Gasteiger partial charge in [-0.05, 0) is 0 Å². The van der Waals surface area contributed by atoms with Gasteiger partial charge >= 0.3 is 0 Å². The molecule has 0 aromatic heterocycles. The van der Waals surface area contributed by atoms with E-state index in [4.69, 9.17) is 23.7 Å². The van der Waals surface area contributed by atoms with Crippen LogP contribution in [-0.2, 0) is 23.7 Å². The number of hydrogen-bond donors (Lipinski definition) is 11. The Morgan fingerprint density at radius 1 is 0.441 bits per heavy atom. The molecule has 3 heterocycles. The molecule has 15 atom stereocenters. The summed E-state index contributed by atoms with van der Waals surface area (Å²) in [6, 6.07) is 0. The predicted octanol–water partition coefficient (Wildman–Crippen LogP) is -7.57. The van der Waals surface area contributed by atoms with Gasteiger partial charge in [-0.25, -0.2) is 0 Å². The first-order valence-electron chi connectivity index (χ1n) is 10.6. The van der Waals surface area contributed by atoms with Gasteiger partial charge in [0, 0.05) is 0 Å². The van der Waals surface area contributed by atoms with Gasteiger partial charge in [0.05, 0.1) is 19.8 Å². The van der Waals surface area contributed by atoms with Gasteiger partial charge in [0.15, 0.2) is 18.9 Å². The van der Waals surface area contributed by atoms with E-state index in [1.165, 1.54) is 0 Å². The average molecular weight is 504 g/mol. The SMILES string of the molecule is OC[C@@H]1O[C@@H](O[C@@H]2[C@H](O[C@H]3[C@H](O)[C@H](O)[C@H](CO)O[C@@H]3O)O[C@H](CO)[C@@H](O)[C@H]2O)[C@H](O)[C@H](O)[C@@H]1O. The van der Waals surface area contributed by atoms with Gasteiger partial charge in [0.25, 0.3) is 0 Å². The molecule has 0 aromatic carbocycles. The number of hydrogen-bond acceptors (Lipinski definition) is 16. The fourth-order valence-electron chi connectivity index (χ4n) is 4.02. The Bertz CT molecular complexity index is 639. The number of aliphatic hydroxyl groups is 11. The number of ether oxygens (including phenoxy) is 5. The Labute approximate surface area is 192 Å².